The Bertz CT molecular complexity index is 878. The zero-order valence-electron chi connectivity index (χ0n) is 11.6. The van der Waals surface area contributed by atoms with Gasteiger partial charge >= 0.3 is 0 Å². The van der Waals surface area contributed by atoms with Gasteiger partial charge in [0.1, 0.15) is 23.6 Å². The normalized spacial score (nSPS) is 10.0. The average molecular weight is 307 g/mol. The minimum absolute atomic E-state index is 0.00152. The molecule has 0 amide bonds. The molecule has 0 spiro atoms. The Hall–Kier alpha value is -3.91. The maximum atomic E-state index is 11.1. The van der Waals surface area contributed by atoms with E-state index in [1.807, 2.05) is 0 Å². The van der Waals surface area contributed by atoms with Crippen molar-refractivity contribution in [2.24, 2.45) is 5.10 Å². The smallest absolute Gasteiger partial charge is 0.295 e. The fourth-order valence-electron chi connectivity index (χ4n) is 1.78. The van der Waals surface area contributed by atoms with E-state index in [0.717, 1.165) is 6.07 Å². The lowest BCUT2D eigenvalue weighted by molar-refractivity contribution is -0.384. The molecule has 8 nitrogen and oxygen atoms in total. The Morgan fingerprint density at radius 2 is 1.87 bits per heavy atom. The topological polar surface area (TPSA) is 135 Å². The van der Waals surface area contributed by atoms with Crippen molar-refractivity contribution in [3.05, 3.63) is 63.2 Å². The molecule has 2 aromatic carbocycles. The fourth-order valence-corrected chi connectivity index (χ4v) is 1.78. The zero-order chi connectivity index (χ0) is 16.8. The quantitative estimate of drug-likeness (QED) is 0.506. The van der Waals surface area contributed by atoms with Crippen molar-refractivity contribution in [3.8, 4) is 17.9 Å². The van der Waals surface area contributed by atoms with Crippen LogP contribution in [0.5, 0.6) is 5.75 Å². The molecule has 0 bridgehead atoms. The van der Waals surface area contributed by atoms with Crippen LogP contribution in [0.1, 0.15) is 16.7 Å². The molecule has 112 valence electrons. The Morgan fingerprint density at radius 3 is 2.48 bits per heavy atom. The van der Waals surface area contributed by atoms with Crippen molar-refractivity contribution < 1.29 is 10.0 Å². The number of hydrazone groups is 1. The highest BCUT2D eigenvalue weighted by Gasteiger charge is 2.18. The Kier molecular flexibility index (Phi) is 4.51. The van der Waals surface area contributed by atoms with E-state index in [2.05, 4.69) is 10.5 Å². The summed E-state index contributed by atoms with van der Waals surface area (Å²) in [6.07, 6.45) is 1.28. The molecule has 2 rings (SSSR count). The van der Waals surface area contributed by atoms with Gasteiger partial charge in [-0.1, -0.05) is 12.1 Å². The number of nitro benzene ring substituents is 1. The lowest BCUT2D eigenvalue weighted by Crippen LogP contribution is -1.99. The molecule has 0 aliphatic heterocycles. The SMILES string of the molecule is N#Cc1cc(N/N=C/c2ccccc2O)c([N+](=O)[O-])cc1C#N. The number of hydrogen-bond donors (Lipinski definition) is 2. The van der Waals surface area contributed by atoms with Crippen molar-refractivity contribution in [1.82, 2.24) is 0 Å². The van der Waals surface area contributed by atoms with Gasteiger partial charge in [-0.3, -0.25) is 15.5 Å². The first-order valence-electron chi connectivity index (χ1n) is 6.26. The number of phenols is 1. The second-order valence-electron chi connectivity index (χ2n) is 4.32. The van der Waals surface area contributed by atoms with E-state index in [-0.39, 0.29) is 28.3 Å². The highest BCUT2D eigenvalue weighted by molar-refractivity contribution is 5.84. The zero-order valence-corrected chi connectivity index (χ0v) is 11.6. The van der Waals surface area contributed by atoms with Crippen molar-refractivity contribution in [2.75, 3.05) is 5.43 Å². The van der Waals surface area contributed by atoms with Crippen molar-refractivity contribution >= 4 is 17.6 Å². The first kappa shape index (κ1) is 15.5. The van der Waals surface area contributed by atoms with E-state index in [4.69, 9.17) is 10.5 Å². The molecule has 0 atom stereocenters. The van der Waals surface area contributed by atoms with Crippen LogP contribution in [-0.2, 0) is 0 Å². The summed E-state index contributed by atoms with van der Waals surface area (Å²) in [5.41, 5.74) is 2.37. The lowest BCUT2D eigenvalue weighted by Gasteiger charge is -2.04. The van der Waals surface area contributed by atoms with Gasteiger partial charge in [0.05, 0.1) is 22.3 Å². The minimum atomic E-state index is -0.681. The van der Waals surface area contributed by atoms with Gasteiger partial charge in [-0.15, -0.1) is 0 Å². The molecule has 0 aliphatic rings. The van der Waals surface area contributed by atoms with E-state index >= 15 is 0 Å². The van der Waals surface area contributed by atoms with Crippen LogP contribution in [0.4, 0.5) is 11.4 Å². The molecule has 0 saturated heterocycles. The maximum absolute atomic E-state index is 11.1. The summed E-state index contributed by atoms with van der Waals surface area (Å²) in [5, 5.41) is 42.3. The standard InChI is InChI=1S/C15H9N5O3/c16-7-11-5-13(14(20(22)23)6-12(11)8-17)19-18-9-10-3-1-2-4-15(10)21/h1-6,9,19,21H/b18-9+. The van der Waals surface area contributed by atoms with Crippen molar-refractivity contribution in [1.29, 1.82) is 10.5 Å². The highest BCUT2D eigenvalue weighted by atomic mass is 16.6. The third-order valence-electron chi connectivity index (χ3n) is 2.90. The van der Waals surface area contributed by atoms with Crippen LogP contribution in [0.3, 0.4) is 0 Å². The van der Waals surface area contributed by atoms with E-state index in [0.29, 0.717) is 5.56 Å². The average Bonchev–Trinajstić information content (AvgIpc) is 2.55. The second-order valence-corrected chi connectivity index (χ2v) is 4.32. The molecule has 0 unspecified atom stereocenters. The number of aromatic hydroxyl groups is 1. The van der Waals surface area contributed by atoms with Crippen LogP contribution in [0.15, 0.2) is 41.5 Å². The highest BCUT2D eigenvalue weighted by Crippen LogP contribution is 2.28. The van der Waals surface area contributed by atoms with Crippen LogP contribution < -0.4 is 5.43 Å². The minimum Gasteiger partial charge on any atom is -0.507 e. The number of nitriles is 2. The van der Waals surface area contributed by atoms with Crippen molar-refractivity contribution in [2.45, 2.75) is 0 Å². The number of rotatable bonds is 4. The molecule has 0 aliphatic carbocycles. The number of phenolic OH excluding ortho intramolecular Hbond substituents is 1. The van der Waals surface area contributed by atoms with Crippen LogP contribution in [-0.4, -0.2) is 16.2 Å². The van der Waals surface area contributed by atoms with Crippen molar-refractivity contribution in [3.63, 3.8) is 0 Å². The maximum Gasteiger partial charge on any atom is 0.295 e. The summed E-state index contributed by atoms with van der Waals surface area (Å²) in [6, 6.07) is 12.1. The summed E-state index contributed by atoms with van der Waals surface area (Å²) in [4.78, 5) is 10.4. The molecule has 2 aromatic rings. The van der Waals surface area contributed by atoms with Gasteiger partial charge in [0.15, 0.2) is 0 Å². The number of nitro groups is 1. The Balaban J connectivity index is 2.36. The Labute approximate surface area is 130 Å². The molecule has 0 fully saturated rings. The summed E-state index contributed by atoms with van der Waals surface area (Å²) >= 11 is 0. The number of hydrogen-bond acceptors (Lipinski definition) is 7. The molecule has 8 heteroatoms. The Morgan fingerprint density at radius 1 is 1.22 bits per heavy atom. The van der Waals surface area contributed by atoms with Gasteiger partial charge in [-0.25, -0.2) is 0 Å². The monoisotopic (exact) mass is 307 g/mol. The summed E-state index contributed by atoms with van der Waals surface area (Å²) < 4.78 is 0. The molecular weight excluding hydrogens is 298 g/mol. The number of benzene rings is 2. The summed E-state index contributed by atoms with van der Waals surface area (Å²) in [5.74, 6) is 0.00471. The van der Waals surface area contributed by atoms with Crippen LogP contribution in [0.25, 0.3) is 0 Å². The molecule has 0 radical (unpaired) electrons. The van der Waals surface area contributed by atoms with E-state index in [1.54, 1.807) is 30.3 Å². The first-order chi connectivity index (χ1) is 11.1. The van der Waals surface area contributed by atoms with Gasteiger partial charge in [0.25, 0.3) is 5.69 Å². The predicted molar refractivity (Wildman–Crippen MR) is 81.8 cm³/mol. The third-order valence-corrected chi connectivity index (χ3v) is 2.90. The van der Waals surface area contributed by atoms with Crippen LogP contribution in [0, 0.1) is 32.8 Å². The van der Waals surface area contributed by atoms with Crippen LogP contribution in [0.2, 0.25) is 0 Å². The molecule has 0 heterocycles. The van der Waals surface area contributed by atoms with Gasteiger partial charge in [-0.2, -0.15) is 15.6 Å². The molecule has 0 aromatic heterocycles. The number of nitrogens with one attached hydrogen (secondary N) is 1. The molecule has 23 heavy (non-hydrogen) atoms. The fraction of sp³-hybridized carbons (Fsp3) is 0. The van der Waals surface area contributed by atoms with E-state index < -0.39 is 4.92 Å². The largest absolute Gasteiger partial charge is 0.507 e. The van der Waals surface area contributed by atoms with Gasteiger partial charge in [0.2, 0.25) is 0 Å². The third kappa shape index (κ3) is 3.40. The summed E-state index contributed by atoms with van der Waals surface area (Å²) in [6.45, 7) is 0. The predicted octanol–water partition coefficient (Wildman–Crippen LogP) is 2.49. The lowest BCUT2D eigenvalue weighted by atomic mass is 10.1. The van der Waals surface area contributed by atoms with Gasteiger partial charge in [0, 0.05) is 11.6 Å². The number of nitrogens with zero attached hydrogens (tertiary/aromatic N) is 4. The van der Waals surface area contributed by atoms with E-state index in [9.17, 15) is 15.2 Å². The molecular formula is C15H9N5O3. The van der Waals surface area contributed by atoms with E-state index in [1.165, 1.54) is 18.3 Å². The number of para-hydroxylation sites is 1. The van der Waals surface area contributed by atoms with Gasteiger partial charge < -0.3 is 5.11 Å². The molecule has 2 N–H and O–H groups in total. The number of anilines is 1. The second kappa shape index (κ2) is 6.70. The van der Waals surface area contributed by atoms with Gasteiger partial charge in [-0.05, 0) is 18.2 Å². The summed E-state index contributed by atoms with van der Waals surface area (Å²) in [7, 11) is 0. The molecule has 0 saturated carbocycles. The van der Waals surface area contributed by atoms with Crippen LogP contribution >= 0.6 is 0 Å². The first-order valence-corrected chi connectivity index (χ1v) is 6.26.